The first kappa shape index (κ1) is 18.9. The number of hydrogen-bond donors (Lipinski definition) is 2. The normalized spacial score (nSPS) is 11.7. The Morgan fingerprint density at radius 2 is 1.74 bits per heavy atom. The summed E-state index contributed by atoms with van der Waals surface area (Å²) < 4.78 is 0. The van der Waals surface area contributed by atoms with Gasteiger partial charge in [-0.3, -0.25) is 14.4 Å². The lowest BCUT2D eigenvalue weighted by Gasteiger charge is -2.09. The summed E-state index contributed by atoms with van der Waals surface area (Å²) in [6, 6.07) is 6.55. The first-order chi connectivity index (χ1) is 10.9. The fraction of sp³-hybridized carbons (Fsp3) is 0.500. The lowest BCUT2D eigenvalue weighted by atomic mass is 10.0. The topological polar surface area (TPSA) is 83.5 Å². The molecule has 0 aliphatic rings. The van der Waals surface area contributed by atoms with Gasteiger partial charge in [0.2, 0.25) is 5.91 Å². The zero-order valence-corrected chi connectivity index (χ0v) is 13.8. The van der Waals surface area contributed by atoms with E-state index in [0.717, 1.165) is 12.8 Å². The van der Waals surface area contributed by atoms with Crippen molar-refractivity contribution in [2.24, 2.45) is 0 Å². The van der Waals surface area contributed by atoms with Gasteiger partial charge in [-0.05, 0) is 25.3 Å². The second-order valence-corrected chi connectivity index (χ2v) is 5.70. The van der Waals surface area contributed by atoms with E-state index in [9.17, 15) is 14.4 Å². The van der Waals surface area contributed by atoms with E-state index >= 15 is 0 Å². The zero-order valence-electron chi connectivity index (χ0n) is 13.8. The number of aliphatic carboxylic acids is 1. The maximum absolute atomic E-state index is 12.0. The maximum Gasteiger partial charge on any atom is 0.325 e. The molecular weight excluding hydrogens is 294 g/mol. The molecule has 0 aliphatic carbocycles. The average molecular weight is 319 g/mol. The van der Waals surface area contributed by atoms with Crippen molar-refractivity contribution in [3.8, 4) is 0 Å². The van der Waals surface area contributed by atoms with Gasteiger partial charge in [-0.25, -0.2) is 0 Å². The summed E-state index contributed by atoms with van der Waals surface area (Å²) in [5.41, 5.74) is 1.80. The largest absolute Gasteiger partial charge is 0.480 e. The van der Waals surface area contributed by atoms with Gasteiger partial charge in [0, 0.05) is 18.4 Å². The molecule has 1 unspecified atom stereocenters. The van der Waals surface area contributed by atoms with Crippen molar-refractivity contribution in [1.82, 2.24) is 5.32 Å². The Bertz CT molecular complexity index is 536. The van der Waals surface area contributed by atoms with Crippen LogP contribution in [0.4, 0.5) is 0 Å². The van der Waals surface area contributed by atoms with Crippen LogP contribution < -0.4 is 5.32 Å². The number of nitrogens with one attached hydrogen (secondary N) is 1. The van der Waals surface area contributed by atoms with Gasteiger partial charge < -0.3 is 10.4 Å². The quantitative estimate of drug-likeness (QED) is 0.513. The predicted molar refractivity (Wildman–Crippen MR) is 88.5 cm³/mol. The molecule has 126 valence electrons. The van der Waals surface area contributed by atoms with E-state index in [1.165, 1.54) is 25.3 Å². The maximum atomic E-state index is 12.0. The molecule has 0 saturated carbocycles. The number of aryl methyl sites for hydroxylation is 1. The minimum Gasteiger partial charge on any atom is -0.480 e. The molecule has 1 aromatic carbocycles. The molecule has 23 heavy (non-hydrogen) atoms. The lowest BCUT2D eigenvalue weighted by molar-refractivity contribution is -0.141. The van der Waals surface area contributed by atoms with Crippen molar-refractivity contribution >= 4 is 17.7 Å². The van der Waals surface area contributed by atoms with Gasteiger partial charge in [-0.2, -0.15) is 0 Å². The first-order valence-corrected chi connectivity index (χ1v) is 8.08. The molecule has 5 nitrogen and oxygen atoms in total. The highest BCUT2D eigenvalue weighted by Gasteiger charge is 2.15. The van der Waals surface area contributed by atoms with Crippen LogP contribution in [0.15, 0.2) is 24.3 Å². The molecule has 2 N–H and O–H groups in total. The Morgan fingerprint density at radius 3 is 2.30 bits per heavy atom. The highest BCUT2D eigenvalue weighted by molar-refractivity contribution is 5.98. The minimum absolute atomic E-state index is 0.00525. The van der Waals surface area contributed by atoms with Crippen LogP contribution in [0, 0.1) is 0 Å². The standard InChI is InChI=1S/C18H25NO4/c1-3-4-5-6-14-7-9-15(10-8-14)16(20)11-12-17(21)19-13(2)18(22)23/h7-10,13H,3-6,11-12H2,1-2H3,(H,19,21)(H,22,23). The number of carbonyl (C=O) groups excluding carboxylic acids is 2. The molecule has 0 fully saturated rings. The van der Waals surface area contributed by atoms with Crippen molar-refractivity contribution in [1.29, 1.82) is 0 Å². The number of benzene rings is 1. The van der Waals surface area contributed by atoms with Crippen molar-refractivity contribution < 1.29 is 19.5 Å². The molecule has 1 amide bonds. The fourth-order valence-corrected chi connectivity index (χ4v) is 2.18. The summed E-state index contributed by atoms with van der Waals surface area (Å²) in [5.74, 6) is -1.63. The molecule has 0 bridgehead atoms. The molecule has 0 aromatic heterocycles. The number of rotatable bonds is 10. The van der Waals surface area contributed by atoms with Crippen LogP contribution in [0.1, 0.15) is 61.9 Å². The van der Waals surface area contributed by atoms with Gasteiger partial charge in [0.15, 0.2) is 5.78 Å². The van der Waals surface area contributed by atoms with Crippen LogP contribution in [-0.4, -0.2) is 28.8 Å². The van der Waals surface area contributed by atoms with Gasteiger partial charge >= 0.3 is 5.97 Å². The van der Waals surface area contributed by atoms with E-state index in [4.69, 9.17) is 5.11 Å². The van der Waals surface area contributed by atoms with E-state index < -0.39 is 17.9 Å². The van der Waals surface area contributed by atoms with Crippen LogP contribution >= 0.6 is 0 Å². The van der Waals surface area contributed by atoms with E-state index in [1.54, 1.807) is 12.1 Å². The molecule has 0 radical (unpaired) electrons. The minimum atomic E-state index is -1.09. The second-order valence-electron chi connectivity index (χ2n) is 5.70. The summed E-state index contributed by atoms with van der Waals surface area (Å²) in [4.78, 5) is 34.3. The van der Waals surface area contributed by atoms with Gasteiger partial charge in [0.1, 0.15) is 6.04 Å². The van der Waals surface area contributed by atoms with E-state index in [2.05, 4.69) is 12.2 Å². The summed E-state index contributed by atoms with van der Waals surface area (Å²) in [6.07, 6.45) is 4.61. The highest BCUT2D eigenvalue weighted by Crippen LogP contribution is 2.11. The Morgan fingerprint density at radius 1 is 1.09 bits per heavy atom. The third kappa shape index (κ3) is 7.08. The molecule has 1 atom stereocenters. The average Bonchev–Trinajstić information content (AvgIpc) is 2.53. The number of carboxylic acid groups (broad SMARTS) is 1. The van der Waals surface area contributed by atoms with Gasteiger partial charge in [-0.15, -0.1) is 0 Å². The molecule has 0 spiro atoms. The van der Waals surface area contributed by atoms with Crippen molar-refractivity contribution in [2.75, 3.05) is 0 Å². The van der Waals surface area contributed by atoms with E-state index in [-0.39, 0.29) is 18.6 Å². The molecule has 1 aromatic rings. The monoisotopic (exact) mass is 319 g/mol. The number of hydrogen-bond acceptors (Lipinski definition) is 3. The summed E-state index contributed by atoms with van der Waals surface area (Å²) in [6.45, 7) is 3.55. The molecule has 0 heterocycles. The Hall–Kier alpha value is -2.17. The number of ketones is 1. The first-order valence-electron chi connectivity index (χ1n) is 8.08. The summed E-state index contributed by atoms with van der Waals surface area (Å²) in [5, 5.41) is 11.0. The van der Waals surface area contributed by atoms with E-state index in [0.29, 0.717) is 5.56 Å². The Labute approximate surface area is 137 Å². The van der Waals surface area contributed by atoms with Crippen molar-refractivity contribution in [3.63, 3.8) is 0 Å². The van der Waals surface area contributed by atoms with E-state index in [1.807, 2.05) is 12.1 Å². The molecule has 5 heteroatoms. The number of amides is 1. The van der Waals surface area contributed by atoms with Crippen LogP contribution in [0.5, 0.6) is 0 Å². The number of carbonyl (C=O) groups is 3. The third-order valence-electron chi connectivity index (χ3n) is 3.67. The SMILES string of the molecule is CCCCCc1ccc(C(=O)CCC(=O)NC(C)C(=O)O)cc1. The predicted octanol–water partition coefficient (Wildman–Crippen LogP) is 2.97. The molecular formula is C18H25NO4. The third-order valence-corrected chi connectivity index (χ3v) is 3.67. The fourth-order valence-electron chi connectivity index (χ4n) is 2.18. The van der Waals surface area contributed by atoms with Gasteiger partial charge in [0.05, 0.1) is 0 Å². The number of Topliss-reactive ketones (excluding diaryl/α,β-unsaturated/α-hetero) is 1. The van der Waals surface area contributed by atoms with Crippen molar-refractivity contribution in [3.05, 3.63) is 35.4 Å². The summed E-state index contributed by atoms with van der Waals surface area (Å²) in [7, 11) is 0. The van der Waals surface area contributed by atoms with Crippen molar-refractivity contribution in [2.45, 2.75) is 58.4 Å². The number of carboxylic acids is 1. The number of unbranched alkanes of at least 4 members (excludes halogenated alkanes) is 2. The Balaban J connectivity index is 2.42. The smallest absolute Gasteiger partial charge is 0.325 e. The lowest BCUT2D eigenvalue weighted by Crippen LogP contribution is -2.38. The molecule has 1 rings (SSSR count). The van der Waals surface area contributed by atoms with Crippen LogP contribution in [-0.2, 0) is 16.0 Å². The Kier molecular flexibility index (Phi) is 8.02. The molecule has 0 aliphatic heterocycles. The summed E-state index contributed by atoms with van der Waals surface area (Å²) >= 11 is 0. The van der Waals surface area contributed by atoms with Crippen LogP contribution in [0.25, 0.3) is 0 Å². The van der Waals surface area contributed by atoms with Crippen LogP contribution in [0.2, 0.25) is 0 Å². The van der Waals surface area contributed by atoms with Gasteiger partial charge in [-0.1, -0.05) is 44.0 Å². The van der Waals surface area contributed by atoms with Crippen LogP contribution in [0.3, 0.4) is 0 Å². The second kappa shape index (κ2) is 9.77. The highest BCUT2D eigenvalue weighted by atomic mass is 16.4. The zero-order chi connectivity index (χ0) is 17.2. The van der Waals surface area contributed by atoms with Gasteiger partial charge in [0.25, 0.3) is 0 Å². The molecule has 0 saturated heterocycles.